The summed E-state index contributed by atoms with van der Waals surface area (Å²) in [5.41, 5.74) is 1.97. The summed E-state index contributed by atoms with van der Waals surface area (Å²) in [6, 6.07) is 13.3. The van der Waals surface area contributed by atoms with Gasteiger partial charge in [0.1, 0.15) is 5.75 Å². The van der Waals surface area contributed by atoms with Crippen LogP contribution in [-0.4, -0.2) is 17.1 Å². The molecule has 0 atom stereocenters. The Labute approximate surface area is 119 Å². The standard InChI is InChI=1S/C15H12N2O2S/c1-19-11-6-4-10(5-7-11)12-9-13(17-15(18)16-12)14-3-2-8-20-14/h2-9H,1H3,(H,16,17,18). The van der Waals surface area contributed by atoms with Gasteiger partial charge in [0.15, 0.2) is 0 Å². The van der Waals surface area contributed by atoms with Gasteiger partial charge < -0.3 is 9.72 Å². The zero-order valence-corrected chi connectivity index (χ0v) is 11.6. The number of ether oxygens (including phenoxy) is 1. The Balaban J connectivity index is 2.07. The predicted octanol–water partition coefficient (Wildman–Crippen LogP) is 3.17. The molecule has 0 aliphatic carbocycles. The lowest BCUT2D eigenvalue weighted by Gasteiger charge is -2.04. The van der Waals surface area contributed by atoms with Gasteiger partial charge in [-0.3, -0.25) is 0 Å². The Morgan fingerprint density at radius 3 is 2.65 bits per heavy atom. The minimum absolute atomic E-state index is 0.346. The molecule has 1 aromatic carbocycles. The van der Waals surface area contributed by atoms with Crippen LogP contribution in [-0.2, 0) is 0 Å². The minimum atomic E-state index is -0.346. The highest BCUT2D eigenvalue weighted by Gasteiger charge is 2.06. The van der Waals surface area contributed by atoms with E-state index >= 15 is 0 Å². The molecule has 0 amide bonds. The Kier molecular flexibility index (Phi) is 3.35. The van der Waals surface area contributed by atoms with E-state index in [2.05, 4.69) is 9.97 Å². The van der Waals surface area contributed by atoms with Crippen LogP contribution in [0, 0.1) is 0 Å². The van der Waals surface area contributed by atoms with Crippen molar-refractivity contribution in [3.63, 3.8) is 0 Å². The van der Waals surface area contributed by atoms with E-state index in [0.717, 1.165) is 21.9 Å². The first kappa shape index (κ1) is 12.6. The van der Waals surface area contributed by atoms with Crippen LogP contribution in [0.4, 0.5) is 0 Å². The highest BCUT2D eigenvalue weighted by molar-refractivity contribution is 7.13. The van der Waals surface area contributed by atoms with Crippen LogP contribution in [0.1, 0.15) is 0 Å². The molecule has 3 rings (SSSR count). The van der Waals surface area contributed by atoms with Crippen LogP contribution in [0.15, 0.2) is 52.6 Å². The highest BCUT2D eigenvalue weighted by Crippen LogP contribution is 2.26. The number of aromatic nitrogens is 2. The summed E-state index contributed by atoms with van der Waals surface area (Å²) in [5, 5.41) is 1.97. The van der Waals surface area contributed by atoms with Gasteiger partial charge in [-0.05, 0) is 41.8 Å². The monoisotopic (exact) mass is 284 g/mol. The van der Waals surface area contributed by atoms with Crippen LogP contribution in [0.5, 0.6) is 5.75 Å². The molecule has 2 heterocycles. The van der Waals surface area contributed by atoms with Gasteiger partial charge in [0.2, 0.25) is 0 Å². The van der Waals surface area contributed by atoms with Crippen molar-refractivity contribution < 1.29 is 4.74 Å². The lowest BCUT2D eigenvalue weighted by molar-refractivity contribution is 0.415. The topological polar surface area (TPSA) is 55.0 Å². The molecular weight excluding hydrogens is 272 g/mol. The molecule has 0 spiro atoms. The van der Waals surface area contributed by atoms with Gasteiger partial charge in [-0.25, -0.2) is 4.79 Å². The van der Waals surface area contributed by atoms with Gasteiger partial charge in [-0.2, -0.15) is 4.98 Å². The quantitative estimate of drug-likeness (QED) is 0.803. The summed E-state index contributed by atoms with van der Waals surface area (Å²) in [6.45, 7) is 0. The fraction of sp³-hybridized carbons (Fsp3) is 0.0667. The molecule has 0 saturated heterocycles. The zero-order chi connectivity index (χ0) is 13.9. The molecular formula is C15H12N2O2S. The Hall–Kier alpha value is -2.40. The molecule has 0 saturated carbocycles. The van der Waals surface area contributed by atoms with Gasteiger partial charge in [0.05, 0.1) is 23.4 Å². The van der Waals surface area contributed by atoms with Gasteiger partial charge in [-0.1, -0.05) is 6.07 Å². The van der Waals surface area contributed by atoms with E-state index in [1.807, 2.05) is 47.8 Å². The van der Waals surface area contributed by atoms with Gasteiger partial charge >= 0.3 is 5.69 Å². The summed E-state index contributed by atoms with van der Waals surface area (Å²) in [5.74, 6) is 0.775. The summed E-state index contributed by atoms with van der Waals surface area (Å²) < 4.78 is 5.12. The fourth-order valence-corrected chi connectivity index (χ4v) is 2.63. The van der Waals surface area contributed by atoms with E-state index in [1.165, 1.54) is 0 Å². The van der Waals surface area contributed by atoms with Crippen LogP contribution in [0.3, 0.4) is 0 Å². The van der Waals surface area contributed by atoms with Crippen LogP contribution in [0.25, 0.3) is 21.8 Å². The minimum Gasteiger partial charge on any atom is -0.497 e. The number of benzene rings is 1. The molecule has 20 heavy (non-hydrogen) atoms. The normalized spacial score (nSPS) is 10.4. The highest BCUT2D eigenvalue weighted by atomic mass is 32.1. The number of nitrogens with zero attached hydrogens (tertiary/aromatic N) is 1. The van der Waals surface area contributed by atoms with Crippen LogP contribution >= 0.6 is 11.3 Å². The molecule has 5 heteroatoms. The van der Waals surface area contributed by atoms with Crippen molar-refractivity contribution in [3.05, 3.63) is 58.3 Å². The van der Waals surface area contributed by atoms with E-state index in [4.69, 9.17) is 4.74 Å². The summed E-state index contributed by atoms with van der Waals surface area (Å²) in [4.78, 5) is 19.5. The summed E-state index contributed by atoms with van der Waals surface area (Å²) in [7, 11) is 1.62. The molecule has 0 aliphatic heterocycles. The fourth-order valence-electron chi connectivity index (χ4n) is 1.93. The number of nitrogens with one attached hydrogen (secondary N) is 1. The lowest BCUT2D eigenvalue weighted by Crippen LogP contribution is -2.11. The molecule has 0 aliphatic rings. The molecule has 0 bridgehead atoms. The number of hydrogen-bond donors (Lipinski definition) is 1. The molecule has 0 unspecified atom stereocenters. The van der Waals surface area contributed by atoms with E-state index in [1.54, 1.807) is 18.4 Å². The zero-order valence-electron chi connectivity index (χ0n) is 10.8. The molecule has 100 valence electrons. The van der Waals surface area contributed by atoms with Crippen LogP contribution < -0.4 is 10.4 Å². The Morgan fingerprint density at radius 1 is 1.20 bits per heavy atom. The number of methoxy groups -OCH3 is 1. The van der Waals surface area contributed by atoms with E-state index in [-0.39, 0.29) is 5.69 Å². The first-order chi connectivity index (χ1) is 9.76. The van der Waals surface area contributed by atoms with Gasteiger partial charge in [0.25, 0.3) is 0 Å². The smallest absolute Gasteiger partial charge is 0.345 e. The largest absolute Gasteiger partial charge is 0.497 e. The Morgan fingerprint density at radius 2 is 2.00 bits per heavy atom. The maximum atomic E-state index is 11.7. The second-order valence-corrected chi connectivity index (χ2v) is 5.14. The second-order valence-electron chi connectivity index (χ2n) is 4.19. The first-order valence-corrected chi connectivity index (χ1v) is 6.94. The van der Waals surface area contributed by atoms with E-state index in [9.17, 15) is 4.79 Å². The Bertz CT molecular complexity index is 761. The van der Waals surface area contributed by atoms with Gasteiger partial charge in [-0.15, -0.1) is 11.3 Å². The number of thiophene rings is 1. The second kappa shape index (κ2) is 5.30. The van der Waals surface area contributed by atoms with Crippen molar-refractivity contribution in [3.8, 4) is 27.6 Å². The third-order valence-corrected chi connectivity index (χ3v) is 3.82. The predicted molar refractivity (Wildman–Crippen MR) is 80.2 cm³/mol. The third kappa shape index (κ3) is 2.48. The molecule has 0 radical (unpaired) electrons. The molecule has 3 aromatic rings. The van der Waals surface area contributed by atoms with E-state index < -0.39 is 0 Å². The van der Waals surface area contributed by atoms with Crippen molar-refractivity contribution in [2.45, 2.75) is 0 Å². The molecule has 1 N–H and O–H groups in total. The average molecular weight is 284 g/mol. The number of rotatable bonds is 3. The number of hydrogen-bond acceptors (Lipinski definition) is 4. The first-order valence-electron chi connectivity index (χ1n) is 6.06. The summed E-state index contributed by atoms with van der Waals surface area (Å²) >= 11 is 1.58. The molecule has 0 fully saturated rings. The van der Waals surface area contributed by atoms with Crippen molar-refractivity contribution >= 4 is 11.3 Å². The van der Waals surface area contributed by atoms with Crippen molar-refractivity contribution in [2.75, 3.05) is 7.11 Å². The van der Waals surface area contributed by atoms with Gasteiger partial charge in [0, 0.05) is 5.56 Å². The maximum absolute atomic E-state index is 11.7. The lowest BCUT2D eigenvalue weighted by atomic mass is 10.1. The third-order valence-electron chi connectivity index (χ3n) is 2.92. The average Bonchev–Trinajstić information content (AvgIpc) is 3.01. The molecule has 2 aromatic heterocycles. The summed E-state index contributed by atoms with van der Waals surface area (Å²) in [6.07, 6.45) is 0. The van der Waals surface area contributed by atoms with Crippen LogP contribution in [0.2, 0.25) is 0 Å². The number of aromatic amines is 1. The molecule has 4 nitrogen and oxygen atoms in total. The SMILES string of the molecule is COc1ccc(-c2cc(-c3cccs3)[nH]c(=O)n2)cc1. The van der Waals surface area contributed by atoms with Crippen molar-refractivity contribution in [2.24, 2.45) is 0 Å². The van der Waals surface area contributed by atoms with Crippen molar-refractivity contribution in [1.29, 1.82) is 0 Å². The van der Waals surface area contributed by atoms with Crippen molar-refractivity contribution in [1.82, 2.24) is 9.97 Å². The van der Waals surface area contributed by atoms with E-state index in [0.29, 0.717) is 5.69 Å². The number of H-pyrrole nitrogens is 1. The maximum Gasteiger partial charge on any atom is 0.345 e.